The van der Waals surface area contributed by atoms with Crippen molar-refractivity contribution in [2.24, 2.45) is 0 Å². The molecular formula is C20H20ClN3O4S. The molecule has 2 amide bonds. The fraction of sp³-hybridized carbons (Fsp3) is 0.300. The maximum atomic E-state index is 12.3. The van der Waals surface area contributed by atoms with Crippen molar-refractivity contribution in [3.05, 3.63) is 41.4 Å². The molecule has 2 heterocycles. The van der Waals surface area contributed by atoms with Crippen molar-refractivity contribution in [3.8, 4) is 11.5 Å². The molecule has 0 atom stereocenters. The summed E-state index contributed by atoms with van der Waals surface area (Å²) in [7, 11) is 0. The van der Waals surface area contributed by atoms with Gasteiger partial charge < -0.3 is 25.0 Å². The Morgan fingerprint density at radius 1 is 1.17 bits per heavy atom. The van der Waals surface area contributed by atoms with E-state index in [2.05, 4.69) is 10.6 Å². The first-order valence-electron chi connectivity index (χ1n) is 9.22. The van der Waals surface area contributed by atoms with Gasteiger partial charge >= 0.3 is 0 Å². The molecule has 0 aliphatic carbocycles. The van der Waals surface area contributed by atoms with Crippen molar-refractivity contribution in [2.75, 3.05) is 48.8 Å². The third-order valence-corrected chi connectivity index (χ3v) is 5.79. The predicted molar refractivity (Wildman–Crippen MR) is 113 cm³/mol. The highest BCUT2D eigenvalue weighted by atomic mass is 35.5. The third-order valence-electron chi connectivity index (χ3n) is 4.49. The largest absolute Gasteiger partial charge is 0.486 e. The molecule has 4 rings (SSSR count). The molecule has 0 aromatic heterocycles. The van der Waals surface area contributed by atoms with Crippen LogP contribution in [0.1, 0.15) is 0 Å². The van der Waals surface area contributed by atoms with E-state index < -0.39 is 0 Å². The minimum Gasteiger partial charge on any atom is -0.486 e. The second-order valence-corrected chi connectivity index (χ2v) is 8.04. The van der Waals surface area contributed by atoms with E-state index in [-0.39, 0.29) is 24.1 Å². The number of hydrogen-bond donors (Lipinski definition) is 2. The Kier molecular flexibility index (Phi) is 6.01. The van der Waals surface area contributed by atoms with Crippen molar-refractivity contribution in [2.45, 2.75) is 4.90 Å². The number of carbonyl (C=O) groups excluding carboxylic acids is 2. The van der Waals surface area contributed by atoms with Gasteiger partial charge in [0.1, 0.15) is 13.2 Å². The highest BCUT2D eigenvalue weighted by Crippen LogP contribution is 2.34. The second-order valence-electron chi connectivity index (χ2n) is 6.58. The Bertz CT molecular complexity index is 940. The van der Waals surface area contributed by atoms with E-state index in [0.717, 1.165) is 16.3 Å². The molecule has 2 aromatic rings. The first-order chi connectivity index (χ1) is 14.1. The number of nitrogens with zero attached hydrogens (tertiary/aromatic N) is 1. The first-order valence-corrected chi connectivity index (χ1v) is 10.6. The number of carbonyl (C=O) groups is 2. The number of nitrogens with one attached hydrogen (secondary N) is 2. The van der Waals surface area contributed by atoms with E-state index in [1.807, 2.05) is 29.2 Å². The summed E-state index contributed by atoms with van der Waals surface area (Å²) in [6.45, 7) is 2.64. The molecule has 2 aliphatic heterocycles. The lowest BCUT2D eigenvalue weighted by Gasteiger charge is -2.29. The molecule has 0 saturated carbocycles. The summed E-state index contributed by atoms with van der Waals surface area (Å²) in [5, 5.41) is 6.14. The summed E-state index contributed by atoms with van der Waals surface area (Å²) >= 11 is 7.80. The molecular weight excluding hydrogens is 414 g/mol. The normalized spacial score (nSPS) is 15.6. The summed E-state index contributed by atoms with van der Waals surface area (Å²) in [6.07, 6.45) is 0. The van der Waals surface area contributed by atoms with Crippen LogP contribution < -0.4 is 25.0 Å². The van der Waals surface area contributed by atoms with Crippen LogP contribution in [0, 0.1) is 0 Å². The van der Waals surface area contributed by atoms with Crippen molar-refractivity contribution in [3.63, 3.8) is 0 Å². The van der Waals surface area contributed by atoms with Crippen LogP contribution in [0.2, 0.25) is 5.02 Å². The van der Waals surface area contributed by atoms with Gasteiger partial charge in [0.2, 0.25) is 11.8 Å². The van der Waals surface area contributed by atoms with E-state index in [1.54, 1.807) is 12.1 Å². The fourth-order valence-electron chi connectivity index (χ4n) is 3.14. The van der Waals surface area contributed by atoms with Crippen molar-refractivity contribution in [1.82, 2.24) is 5.32 Å². The smallest absolute Gasteiger partial charge is 0.239 e. The monoisotopic (exact) mass is 433 g/mol. The lowest BCUT2D eigenvalue weighted by atomic mass is 10.2. The van der Waals surface area contributed by atoms with Crippen LogP contribution in [0.4, 0.5) is 11.4 Å². The molecule has 0 bridgehead atoms. The number of thioether (sulfide) groups is 1. The zero-order chi connectivity index (χ0) is 20.2. The summed E-state index contributed by atoms with van der Waals surface area (Å²) in [5.74, 6) is 1.53. The van der Waals surface area contributed by atoms with Crippen LogP contribution in [0.25, 0.3) is 0 Å². The Hall–Kier alpha value is -2.58. The molecule has 1 saturated heterocycles. The molecule has 29 heavy (non-hydrogen) atoms. The number of amides is 2. The van der Waals surface area contributed by atoms with Gasteiger partial charge in [-0.2, -0.15) is 0 Å². The van der Waals surface area contributed by atoms with Crippen molar-refractivity contribution in [1.29, 1.82) is 0 Å². The van der Waals surface area contributed by atoms with Gasteiger partial charge in [-0.3, -0.25) is 9.59 Å². The van der Waals surface area contributed by atoms with Gasteiger partial charge in [0.05, 0.1) is 23.0 Å². The van der Waals surface area contributed by atoms with Crippen LogP contribution >= 0.6 is 23.4 Å². The fourth-order valence-corrected chi connectivity index (χ4v) is 4.17. The molecule has 0 unspecified atom stereocenters. The topological polar surface area (TPSA) is 79.9 Å². The zero-order valence-corrected chi connectivity index (χ0v) is 17.1. The summed E-state index contributed by atoms with van der Waals surface area (Å²) < 4.78 is 11.1. The maximum Gasteiger partial charge on any atom is 0.239 e. The average Bonchev–Trinajstić information content (AvgIpc) is 2.72. The highest BCUT2D eigenvalue weighted by molar-refractivity contribution is 8.00. The molecule has 152 valence electrons. The molecule has 7 nitrogen and oxygen atoms in total. The number of hydrogen-bond acceptors (Lipinski definition) is 6. The van der Waals surface area contributed by atoms with Crippen molar-refractivity contribution < 1.29 is 19.1 Å². The Balaban J connectivity index is 1.33. The molecule has 0 spiro atoms. The number of piperazine rings is 1. The number of anilines is 2. The van der Waals surface area contributed by atoms with Gasteiger partial charge in [0.25, 0.3) is 0 Å². The van der Waals surface area contributed by atoms with Crippen LogP contribution in [0.15, 0.2) is 41.3 Å². The predicted octanol–water partition coefficient (Wildman–Crippen LogP) is 2.78. The minimum absolute atomic E-state index is 0.0270. The van der Waals surface area contributed by atoms with Gasteiger partial charge in [-0.25, -0.2) is 0 Å². The van der Waals surface area contributed by atoms with E-state index in [0.29, 0.717) is 42.8 Å². The van der Waals surface area contributed by atoms with Gasteiger partial charge in [-0.05, 0) is 36.4 Å². The van der Waals surface area contributed by atoms with Gasteiger partial charge in [0.15, 0.2) is 11.5 Å². The summed E-state index contributed by atoms with van der Waals surface area (Å²) in [5.41, 5.74) is 1.40. The Labute approximate surface area is 177 Å². The standard InChI is InChI=1S/C20H20ClN3O4S/c21-15-9-13(1-3-16(15)24-6-5-22-19(25)11-24)23-20(26)12-29-14-2-4-17-18(10-14)28-8-7-27-17/h1-4,9-10H,5-8,11-12H2,(H,22,25)(H,23,26). The van der Waals surface area contributed by atoms with Gasteiger partial charge in [-0.15, -0.1) is 11.8 Å². The SMILES string of the molecule is O=C1CN(c2ccc(NC(=O)CSc3ccc4c(c3)OCCO4)cc2Cl)CCN1. The molecule has 2 aliphatic rings. The average molecular weight is 434 g/mol. The van der Waals surface area contributed by atoms with Crippen LogP contribution in [0.3, 0.4) is 0 Å². The maximum absolute atomic E-state index is 12.3. The lowest BCUT2D eigenvalue weighted by molar-refractivity contribution is -0.120. The zero-order valence-electron chi connectivity index (χ0n) is 15.6. The quantitative estimate of drug-likeness (QED) is 0.706. The molecule has 1 fully saturated rings. The highest BCUT2D eigenvalue weighted by Gasteiger charge is 2.19. The second kappa shape index (κ2) is 8.84. The van der Waals surface area contributed by atoms with Gasteiger partial charge in [-0.1, -0.05) is 11.6 Å². The molecule has 2 N–H and O–H groups in total. The van der Waals surface area contributed by atoms with E-state index >= 15 is 0 Å². The minimum atomic E-state index is -0.133. The number of fused-ring (bicyclic) bond motifs is 1. The van der Waals surface area contributed by atoms with Gasteiger partial charge in [0, 0.05) is 23.7 Å². The third kappa shape index (κ3) is 4.89. The molecule has 0 radical (unpaired) electrons. The molecule has 2 aromatic carbocycles. The number of benzene rings is 2. The Morgan fingerprint density at radius 3 is 2.79 bits per heavy atom. The van der Waals surface area contributed by atoms with Crippen LogP contribution in [-0.2, 0) is 9.59 Å². The van der Waals surface area contributed by atoms with E-state index in [9.17, 15) is 9.59 Å². The summed E-state index contributed by atoms with van der Waals surface area (Å²) in [4.78, 5) is 26.7. The van der Waals surface area contributed by atoms with Crippen molar-refractivity contribution >= 4 is 46.6 Å². The van der Waals surface area contributed by atoms with Crippen LogP contribution in [0.5, 0.6) is 11.5 Å². The number of ether oxygens (including phenoxy) is 2. The summed E-state index contributed by atoms with van der Waals surface area (Å²) in [6, 6.07) is 11.0. The Morgan fingerprint density at radius 2 is 2.00 bits per heavy atom. The van der Waals surface area contributed by atoms with Crippen LogP contribution in [-0.4, -0.2) is 50.4 Å². The number of rotatable bonds is 5. The molecule has 9 heteroatoms. The van der Waals surface area contributed by atoms with E-state index in [4.69, 9.17) is 21.1 Å². The number of halogens is 1. The van der Waals surface area contributed by atoms with E-state index in [1.165, 1.54) is 11.8 Å². The first kappa shape index (κ1) is 19.7. The lowest BCUT2D eigenvalue weighted by Crippen LogP contribution is -2.47.